The second kappa shape index (κ2) is 9.38. The van der Waals surface area contributed by atoms with E-state index < -0.39 is 6.04 Å². The highest BCUT2D eigenvalue weighted by Gasteiger charge is 2.25. The summed E-state index contributed by atoms with van der Waals surface area (Å²) in [6.07, 6.45) is 5.21. The zero-order valence-electron chi connectivity index (χ0n) is 19.4. The van der Waals surface area contributed by atoms with E-state index in [-0.39, 0.29) is 11.7 Å². The van der Waals surface area contributed by atoms with E-state index in [1.165, 1.54) is 12.1 Å². The Labute approximate surface area is 202 Å². The average Bonchev–Trinajstić information content (AvgIpc) is 3.51. The minimum atomic E-state index is -0.575. The fraction of sp³-hybridized carbons (Fsp3) is 0.107. The van der Waals surface area contributed by atoms with Gasteiger partial charge in [-0.25, -0.2) is 14.1 Å². The summed E-state index contributed by atoms with van der Waals surface area (Å²) in [5.41, 5.74) is 4.53. The van der Waals surface area contributed by atoms with Crippen LogP contribution in [0.3, 0.4) is 0 Å². The number of hydrogen-bond acceptors (Lipinski definition) is 3. The number of benzene rings is 3. The number of carbonyl (C=O) groups excluding carboxylic acids is 1. The predicted molar refractivity (Wildman–Crippen MR) is 133 cm³/mol. The minimum Gasteiger partial charge on any atom is -0.338 e. The van der Waals surface area contributed by atoms with E-state index in [0.29, 0.717) is 17.1 Å². The van der Waals surface area contributed by atoms with Crippen LogP contribution in [0.5, 0.6) is 0 Å². The number of nitrogens with zero attached hydrogens (tertiary/aromatic N) is 4. The van der Waals surface area contributed by atoms with Gasteiger partial charge in [-0.3, -0.25) is 4.79 Å². The Bertz CT molecular complexity index is 1450. The van der Waals surface area contributed by atoms with E-state index in [1.54, 1.807) is 29.2 Å². The summed E-state index contributed by atoms with van der Waals surface area (Å²) >= 11 is 0. The van der Waals surface area contributed by atoms with Gasteiger partial charge < -0.3 is 9.88 Å². The van der Waals surface area contributed by atoms with Crippen LogP contribution in [-0.4, -0.2) is 25.2 Å². The first-order valence-corrected chi connectivity index (χ1v) is 11.3. The molecule has 2 heterocycles. The molecule has 0 radical (unpaired) electrons. The Kier molecular flexibility index (Phi) is 5.97. The summed E-state index contributed by atoms with van der Waals surface area (Å²) in [7, 11) is 1.86. The fourth-order valence-corrected chi connectivity index (χ4v) is 3.99. The first kappa shape index (κ1) is 22.3. The van der Waals surface area contributed by atoms with E-state index in [2.05, 4.69) is 10.3 Å². The summed E-state index contributed by atoms with van der Waals surface area (Å²) in [5, 5.41) is 7.86. The Morgan fingerprint density at radius 2 is 1.69 bits per heavy atom. The molecule has 0 aliphatic carbocycles. The van der Waals surface area contributed by atoms with Crippen LogP contribution in [-0.2, 0) is 7.05 Å². The molecule has 6 nitrogen and oxygen atoms in total. The molecular formula is C28H24FN5O. The van der Waals surface area contributed by atoms with E-state index in [4.69, 9.17) is 5.10 Å². The van der Waals surface area contributed by atoms with Gasteiger partial charge in [0.1, 0.15) is 23.4 Å². The first-order chi connectivity index (χ1) is 17.0. The van der Waals surface area contributed by atoms with Crippen molar-refractivity contribution in [1.29, 1.82) is 0 Å². The maximum absolute atomic E-state index is 13.7. The molecule has 3 aromatic carbocycles. The van der Waals surface area contributed by atoms with Crippen molar-refractivity contribution in [1.82, 2.24) is 24.6 Å². The largest absolute Gasteiger partial charge is 0.338 e. The number of hydrogen-bond donors (Lipinski definition) is 1. The Morgan fingerprint density at radius 3 is 2.34 bits per heavy atom. The number of rotatable bonds is 6. The van der Waals surface area contributed by atoms with Crippen LogP contribution >= 0.6 is 0 Å². The predicted octanol–water partition coefficient (Wildman–Crippen LogP) is 5.24. The zero-order valence-corrected chi connectivity index (χ0v) is 19.4. The lowest BCUT2D eigenvalue weighted by Crippen LogP contribution is -2.31. The topological polar surface area (TPSA) is 64.7 Å². The molecule has 2 aromatic heterocycles. The third kappa shape index (κ3) is 4.61. The molecule has 0 bridgehead atoms. The summed E-state index contributed by atoms with van der Waals surface area (Å²) in [4.78, 5) is 18.2. The van der Waals surface area contributed by atoms with Crippen LogP contribution < -0.4 is 5.32 Å². The third-order valence-corrected chi connectivity index (χ3v) is 5.90. The third-order valence-electron chi connectivity index (χ3n) is 5.90. The molecule has 35 heavy (non-hydrogen) atoms. The molecule has 1 atom stereocenters. The number of halogens is 1. The van der Waals surface area contributed by atoms with Crippen LogP contribution in [0.2, 0.25) is 0 Å². The number of aromatic nitrogens is 4. The molecule has 0 aliphatic heterocycles. The van der Waals surface area contributed by atoms with Gasteiger partial charge in [-0.15, -0.1) is 0 Å². The highest BCUT2D eigenvalue weighted by Crippen LogP contribution is 2.27. The maximum atomic E-state index is 13.7. The molecule has 0 fully saturated rings. The number of amides is 1. The van der Waals surface area contributed by atoms with Crippen molar-refractivity contribution in [3.63, 3.8) is 0 Å². The lowest BCUT2D eigenvalue weighted by molar-refractivity contribution is 0.0942. The highest BCUT2D eigenvalue weighted by molar-refractivity contribution is 6.00. The van der Waals surface area contributed by atoms with E-state index in [9.17, 15) is 9.18 Å². The van der Waals surface area contributed by atoms with Gasteiger partial charge in [0, 0.05) is 31.2 Å². The summed E-state index contributed by atoms with van der Waals surface area (Å²) in [6.45, 7) is 2.01. The van der Waals surface area contributed by atoms with E-state index in [1.807, 2.05) is 79.3 Å². The van der Waals surface area contributed by atoms with E-state index >= 15 is 0 Å². The summed E-state index contributed by atoms with van der Waals surface area (Å²) in [5.74, 6) is -0.0122. The molecule has 1 amide bonds. The van der Waals surface area contributed by atoms with Gasteiger partial charge in [-0.2, -0.15) is 5.10 Å². The highest BCUT2D eigenvalue weighted by atomic mass is 19.1. The van der Waals surface area contributed by atoms with Crippen LogP contribution in [0.15, 0.2) is 97.5 Å². The molecule has 174 valence electrons. The number of nitrogens with one attached hydrogen (secondary N) is 1. The monoisotopic (exact) mass is 465 g/mol. The molecule has 0 spiro atoms. The van der Waals surface area contributed by atoms with Crippen LogP contribution in [0.4, 0.5) is 4.39 Å². The summed E-state index contributed by atoms with van der Waals surface area (Å²) < 4.78 is 17.2. The van der Waals surface area contributed by atoms with Gasteiger partial charge in [0.2, 0.25) is 0 Å². The van der Waals surface area contributed by atoms with Crippen molar-refractivity contribution < 1.29 is 9.18 Å². The molecule has 1 unspecified atom stereocenters. The molecule has 0 saturated heterocycles. The summed E-state index contributed by atoms with van der Waals surface area (Å²) in [6, 6.07) is 23.0. The SMILES string of the molecule is Cc1ccc(-c2nn(-c3ccccc3)cc2C(=O)NC(c2ccc(F)cc2)c2nccn2C)cc1. The van der Waals surface area contributed by atoms with Crippen molar-refractivity contribution in [2.24, 2.45) is 7.05 Å². The number of imidazole rings is 1. The molecular weight excluding hydrogens is 441 g/mol. The lowest BCUT2D eigenvalue weighted by Gasteiger charge is -2.19. The molecule has 0 saturated carbocycles. The Hall–Kier alpha value is -4.52. The van der Waals surface area contributed by atoms with Gasteiger partial charge in [-0.1, -0.05) is 60.2 Å². The first-order valence-electron chi connectivity index (χ1n) is 11.3. The standard InChI is InChI=1S/C28H24FN5O/c1-19-8-10-20(11-9-19)25-24(18-34(32-25)23-6-4-3-5-7-23)28(35)31-26(27-30-16-17-33(27)2)21-12-14-22(29)15-13-21/h3-18,26H,1-2H3,(H,31,35). The lowest BCUT2D eigenvalue weighted by atomic mass is 10.0. The van der Waals surface area contributed by atoms with Crippen molar-refractivity contribution in [3.8, 4) is 16.9 Å². The second-order valence-electron chi connectivity index (χ2n) is 8.39. The quantitative estimate of drug-likeness (QED) is 0.373. The molecule has 5 rings (SSSR count). The fourth-order valence-electron chi connectivity index (χ4n) is 3.99. The smallest absolute Gasteiger partial charge is 0.255 e. The average molecular weight is 466 g/mol. The Morgan fingerprint density at radius 1 is 0.971 bits per heavy atom. The minimum absolute atomic E-state index is 0.305. The van der Waals surface area contributed by atoms with Crippen molar-refractivity contribution in [3.05, 3.63) is 126 Å². The molecule has 0 aliphatic rings. The molecule has 1 N–H and O–H groups in total. The van der Waals surface area contributed by atoms with Gasteiger partial charge in [-0.05, 0) is 36.8 Å². The normalized spacial score (nSPS) is 11.9. The van der Waals surface area contributed by atoms with Crippen molar-refractivity contribution in [2.45, 2.75) is 13.0 Å². The van der Waals surface area contributed by atoms with Crippen LogP contribution in [0.25, 0.3) is 16.9 Å². The van der Waals surface area contributed by atoms with Gasteiger partial charge >= 0.3 is 0 Å². The maximum Gasteiger partial charge on any atom is 0.255 e. The van der Waals surface area contributed by atoms with Crippen molar-refractivity contribution in [2.75, 3.05) is 0 Å². The Balaban J connectivity index is 1.57. The van der Waals surface area contributed by atoms with Crippen molar-refractivity contribution >= 4 is 5.91 Å². The second-order valence-corrected chi connectivity index (χ2v) is 8.39. The number of carbonyl (C=O) groups is 1. The molecule has 5 aromatic rings. The zero-order chi connectivity index (χ0) is 24.4. The molecule has 7 heteroatoms. The van der Waals surface area contributed by atoms with Gasteiger partial charge in [0.15, 0.2) is 0 Å². The van der Waals surface area contributed by atoms with Gasteiger partial charge in [0.25, 0.3) is 5.91 Å². The van der Waals surface area contributed by atoms with Gasteiger partial charge in [0.05, 0.1) is 11.3 Å². The van der Waals surface area contributed by atoms with E-state index in [0.717, 1.165) is 22.4 Å². The number of aryl methyl sites for hydroxylation is 2. The number of para-hydroxylation sites is 1. The van der Waals surface area contributed by atoms with Crippen LogP contribution in [0.1, 0.15) is 33.4 Å². The van der Waals surface area contributed by atoms with Crippen LogP contribution in [0, 0.1) is 12.7 Å².